The zero-order valence-corrected chi connectivity index (χ0v) is 14.6. The largest absolute Gasteiger partial charge is 0.545 e. The summed E-state index contributed by atoms with van der Waals surface area (Å²) in [6.07, 6.45) is 1.53. The number of rotatable bonds is 4. The van der Waals surface area contributed by atoms with Gasteiger partial charge >= 0.3 is 0 Å². The van der Waals surface area contributed by atoms with Crippen molar-refractivity contribution in [1.82, 2.24) is 0 Å². The molecule has 1 saturated heterocycles. The van der Waals surface area contributed by atoms with Crippen molar-refractivity contribution in [3.63, 3.8) is 0 Å². The molecule has 1 fully saturated rings. The number of thiocarbonyl (C=S) groups is 1. The standard InChI is InChI=1S/C17H10N2O5S2/c20-15-14(9-10-2-1-3-13(8-10)19(23)24)26-17(25)18(15)12-6-4-11(5-7-12)16(21)22/h1-9H,(H,21,22)/p-1. The number of nitro groups is 1. The number of benzene rings is 2. The Morgan fingerprint density at radius 2 is 1.88 bits per heavy atom. The molecular weight excluding hydrogens is 376 g/mol. The number of nitrogens with zero attached hydrogens (tertiary/aromatic N) is 2. The van der Waals surface area contributed by atoms with Crippen molar-refractivity contribution in [3.05, 3.63) is 74.7 Å². The summed E-state index contributed by atoms with van der Waals surface area (Å²) in [5, 5.41) is 21.7. The Hall–Kier alpha value is -3.04. The second kappa shape index (κ2) is 7.06. The Kier molecular flexibility index (Phi) is 4.83. The van der Waals surface area contributed by atoms with Crippen LogP contribution in [0.5, 0.6) is 0 Å². The predicted molar refractivity (Wildman–Crippen MR) is 99.5 cm³/mol. The van der Waals surface area contributed by atoms with Gasteiger partial charge in [0, 0.05) is 12.1 Å². The van der Waals surface area contributed by atoms with Crippen molar-refractivity contribution >= 4 is 57.6 Å². The Morgan fingerprint density at radius 1 is 1.19 bits per heavy atom. The lowest BCUT2D eigenvalue weighted by atomic mass is 10.1. The summed E-state index contributed by atoms with van der Waals surface area (Å²) in [5.74, 6) is -1.69. The maximum Gasteiger partial charge on any atom is 0.270 e. The van der Waals surface area contributed by atoms with E-state index in [0.29, 0.717) is 16.2 Å². The number of hydrogen-bond acceptors (Lipinski definition) is 7. The van der Waals surface area contributed by atoms with Gasteiger partial charge in [-0.25, -0.2) is 0 Å². The number of aromatic carboxylic acids is 1. The average molecular weight is 385 g/mol. The minimum atomic E-state index is -1.31. The molecule has 0 aromatic heterocycles. The molecule has 0 N–H and O–H groups in total. The minimum absolute atomic E-state index is 0.00803. The Bertz CT molecular complexity index is 969. The van der Waals surface area contributed by atoms with E-state index in [2.05, 4.69) is 0 Å². The molecule has 0 spiro atoms. The molecule has 26 heavy (non-hydrogen) atoms. The number of carboxylic acids is 1. The summed E-state index contributed by atoms with van der Waals surface area (Å²) >= 11 is 6.30. The summed E-state index contributed by atoms with van der Waals surface area (Å²) in [6, 6.07) is 11.5. The fourth-order valence-electron chi connectivity index (χ4n) is 2.32. The summed E-state index contributed by atoms with van der Waals surface area (Å²) in [5.41, 5.74) is 0.852. The molecule has 9 heteroatoms. The fourth-order valence-corrected chi connectivity index (χ4v) is 3.62. The van der Waals surface area contributed by atoms with Crippen LogP contribution in [-0.4, -0.2) is 21.1 Å². The van der Waals surface area contributed by atoms with E-state index in [1.54, 1.807) is 6.07 Å². The first-order valence-electron chi connectivity index (χ1n) is 7.20. The zero-order valence-electron chi connectivity index (χ0n) is 12.9. The lowest BCUT2D eigenvalue weighted by Gasteiger charge is -2.15. The number of hydrogen-bond donors (Lipinski definition) is 0. The van der Waals surface area contributed by atoms with Gasteiger partial charge in [0.05, 0.1) is 21.5 Å². The topological polar surface area (TPSA) is 104 Å². The molecule has 0 atom stereocenters. The lowest BCUT2D eigenvalue weighted by Crippen LogP contribution is -2.28. The van der Waals surface area contributed by atoms with Gasteiger partial charge < -0.3 is 9.90 Å². The van der Waals surface area contributed by atoms with E-state index in [9.17, 15) is 24.8 Å². The summed E-state index contributed by atoms with van der Waals surface area (Å²) in [4.78, 5) is 35.4. The summed E-state index contributed by atoms with van der Waals surface area (Å²) in [6.45, 7) is 0. The third-order valence-corrected chi connectivity index (χ3v) is 4.84. The second-order valence-electron chi connectivity index (χ2n) is 5.20. The van der Waals surface area contributed by atoms with Crippen molar-refractivity contribution in [2.24, 2.45) is 0 Å². The molecular formula is C17H9N2O5S2-. The van der Waals surface area contributed by atoms with E-state index < -0.39 is 10.9 Å². The minimum Gasteiger partial charge on any atom is -0.545 e. The molecule has 3 rings (SSSR count). The molecule has 0 bridgehead atoms. The third-order valence-electron chi connectivity index (χ3n) is 3.53. The van der Waals surface area contributed by atoms with Crippen LogP contribution in [0.15, 0.2) is 53.4 Å². The maximum absolute atomic E-state index is 12.6. The molecule has 2 aromatic rings. The van der Waals surface area contributed by atoms with E-state index >= 15 is 0 Å². The van der Waals surface area contributed by atoms with Crippen molar-refractivity contribution in [3.8, 4) is 0 Å². The van der Waals surface area contributed by atoms with Crippen molar-refractivity contribution in [1.29, 1.82) is 0 Å². The number of carbonyl (C=O) groups is 2. The van der Waals surface area contributed by atoms with Crippen LogP contribution in [0.1, 0.15) is 15.9 Å². The zero-order chi connectivity index (χ0) is 18.8. The molecule has 0 aliphatic carbocycles. The van der Waals surface area contributed by atoms with E-state index in [0.717, 1.165) is 11.8 Å². The van der Waals surface area contributed by atoms with Gasteiger partial charge in [-0.1, -0.05) is 48.2 Å². The monoisotopic (exact) mass is 385 g/mol. The van der Waals surface area contributed by atoms with Crippen LogP contribution in [-0.2, 0) is 4.79 Å². The number of carbonyl (C=O) groups excluding carboxylic acids is 2. The molecule has 1 heterocycles. The normalized spacial score (nSPS) is 15.5. The SMILES string of the molecule is O=C([O-])c1ccc(N2C(=O)C(=Cc3cccc([N+](=O)[O-])c3)SC2=S)cc1. The molecule has 1 aliphatic heterocycles. The first kappa shape index (κ1) is 17.8. The summed E-state index contributed by atoms with van der Waals surface area (Å²) in [7, 11) is 0. The molecule has 0 radical (unpaired) electrons. The van der Waals surface area contributed by atoms with Gasteiger partial charge in [-0.3, -0.25) is 19.8 Å². The molecule has 1 amide bonds. The van der Waals surface area contributed by atoms with Crippen LogP contribution in [0.3, 0.4) is 0 Å². The highest BCUT2D eigenvalue weighted by Crippen LogP contribution is 2.36. The lowest BCUT2D eigenvalue weighted by molar-refractivity contribution is -0.384. The summed E-state index contributed by atoms with van der Waals surface area (Å²) < 4.78 is 0.285. The molecule has 7 nitrogen and oxygen atoms in total. The van der Waals surface area contributed by atoms with Crippen LogP contribution in [0, 0.1) is 10.1 Å². The first-order valence-corrected chi connectivity index (χ1v) is 8.43. The van der Waals surface area contributed by atoms with Crippen LogP contribution in [0.25, 0.3) is 6.08 Å². The molecule has 0 saturated carbocycles. The highest BCUT2D eigenvalue weighted by molar-refractivity contribution is 8.27. The number of non-ortho nitro benzene ring substituents is 1. The average Bonchev–Trinajstić information content (AvgIpc) is 2.89. The van der Waals surface area contributed by atoms with Gasteiger partial charge in [0.25, 0.3) is 11.6 Å². The third kappa shape index (κ3) is 3.48. The van der Waals surface area contributed by atoms with Crippen molar-refractivity contribution < 1.29 is 19.6 Å². The van der Waals surface area contributed by atoms with E-state index in [4.69, 9.17) is 12.2 Å². The molecule has 0 unspecified atom stereocenters. The number of carboxylic acid groups (broad SMARTS) is 1. The van der Waals surface area contributed by atoms with Gasteiger partial charge in [0.2, 0.25) is 0 Å². The number of thioether (sulfide) groups is 1. The van der Waals surface area contributed by atoms with Crippen LogP contribution >= 0.6 is 24.0 Å². The van der Waals surface area contributed by atoms with Gasteiger partial charge in [-0.15, -0.1) is 0 Å². The highest BCUT2D eigenvalue weighted by Gasteiger charge is 2.33. The predicted octanol–water partition coefficient (Wildman–Crippen LogP) is 2.36. The number of nitro benzene ring substituents is 1. The maximum atomic E-state index is 12.6. The Balaban J connectivity index is 1.90. The van der Waals surface area contributed by atoms with Crippen molar-refractivity contribution in [2.45, 2.75) is 0 Å². The van der Waals surface area contributed by atoms with Crippen molar-refractivity contribution in [2.75, 3.05) is 4.90 Å². The van der Waals surface area contributed by atoms with Crippen LogP contribution in [0.4, 0.5) is 11.4 Å². The van der Waals surface area contributed by atoms with E-state index in [-0.39, 0.29) is 21.5 Å². The van der Waals surface area contributed by atoms with Crippen LogP contribution < -0.4 is 10.0 Å². The number of anilines is 1. The Morgan fingerprint density at radius 3 is 2.50 bits per heavy atom. The molecule has 1 aliphatic rings. The molecule has 130 valence electrons. The second-order valence-corrected chi connectivity index (χ2v) is 6.88. The number of amides is 1. The molecule has 2 aromatic carbocycles. The quantitative estimate of drug-likeness (QED) is 0.344. The smallest absolute Gasteiger partial charge is 0.270 e. The van der Waals surface area contributed by atoms with Gasteiger partial charge in [0.15, 0.2) is 4.32 Å². The van der Waals surface area contributed by atoms with E-state index in [1.807, 2.05) is 0 Å². The fraction of sp³-hybridized carbons (Fsp3) is 0. The van der Waals surface area contributed by atoms with Gasteiger partial charge in [0.1, 0.15) is 0 Å². The van der Waals surface area contributed by atoms with Gasteiger partial charge in [-0.2, -0.15) is 0 Å². The van der Waals surface area contributed by atoms with Gasteiger partial charge in [-0.05, 0) is 29.3 Å². The Labute approximate surface area is 157 Å². The highest BCUT2D eigenvalue weighted by atomic mass is 32.2. The first-order chi connectivity index (χ1) is 12.4. The van der Waals surface area contributed by atoms with E-state index in [1.165, 1.54) is 53.4 Å². The van der Waals surface area contributed by atoms with Crippen LogP contribution in [0.2, 0.25) is 0 Å².